The fourth-order valence-corrected chi connectivity index (χ4v) is 4.71. The van der Waals surface area contributed by atoms with Crippen LogP contribution in [0.5, 0.6) is 0 Å². The molecule has 27 heavy (non-hydrogen) atoms. The van der Waals surface area contributed by atoms with Gasteiger partial charge in [-0.25, -0.2) is 18.0 Å². The third-order valence-corrected chi connectivity index (χ3v) is 5.78. The summed E-state index contributed by atoms with van der Waals surface area (Å²) in [4.78, 5) is 24.3. The summed E-state index contributed by atoms with van der Waals surface area (Å²) in [6, 6.07) is 15.1. The number of sulfone groups is 1. The van der Waals surface area contributed by atoms with E-state index in [4.69, 9.17) is 0 Å². The molecule has 1 heterocycles. The fourth-order valence-electron chi connectivity index (χ4n) is 2.85. The summed E-state index contributed by atoms with van der Waals surface area (Å²) < 4.78 is 24.0. The number of anilines is 2. The standard InChI is InChI=1S/C18H20N4O4S/c23-17(19-13-7-3-1-4-8-13)21-15-11-27(25,26)12-16(15)22-18(24)20-14-9-5-2-6-10-14/h1-10,15-16H,11-12H2,(H2,19,21,23)(H2,20,22,24)/t15-,16-/m1/s1. The average Bonchev–Trinajstić information content (AvgIpc) is 2.89. The van der Waals surface area contributed by atoms with E-state index in [9.17, 15) is 18.0 Å². The molecule has 0 radical (unpaired) electrons. The SMILES string of the molecule is O=C(Nc1ccccc1)N[C@@H]1CS(=O)(=O)C[C@H]1NC(=O)Nc1ccccc1. The Morgan fingerprint density at radius 1 is 0.704 bits per heavy atom. The number of amides is 4. The molecule has 9 heteroatoms. The van der Waals surface area contributed by atoms with Crippen LogP contribution < -0.4 is 21.3 Å². The number of carbonyl (C=O) groups is 2. The van der Waals surface area contributed by atoms with Crippen LogP contribution in [0.3, 0.4) is 0 Å². The topological polar surface area (TPSA) is 116 Å². The Hall–Kier alpha value is -3.07. The lowest BCUT2D eigenvalue weighted by molar-refractivity contribution is 0.240. The molecule has 142 valence electrons. The van der Waals surface area contributed by atoms with E-state index in [1.807, 2.05) is 12.1 Å². The molecule has 4 amide bonds. The van der Waals surface area contributed by atoms with E-state index in [2.05, 4.69) is 21.3 Å². The molecule has 1 saturated heterocycles. The lowest BCUT2D eigenvalue weighted by atomic mass is 10.2. The van der Waals surface area contributed by atoms with Crippen molar-refractivity contribution in [1.29, 1.82) is 0 Å². The number of hydrogen-bond donors (Lipinski definition) is 4. The zero-order valence-corrected chi connectivity index (χ0v) is 15.2. The summed E-state index contributed by atoms with van der Waals surface area (Å²) in [5, 5.41) is 10.5. The van der Waals surface area contributed by atoms with Gasteiger partial charge in [0.05, 0.1) is 23.6 Å². The van der Waals surface area contributed by atoms with Gasteiger partial charge in [-0.3, -0.25) is 0 Å². The summed E-state index contributed by atoms with van der Waals surface area (Å²) in [7, 11) is -3.37. The van der Waals surface area contributed by atoms with Crippen molar-refractivity contribution in [2.24, 2.45) is 0 Å². The molecule has 0 saturated carbocycles. The zero-order valence-electron chi connectivity index (χ0n) is 14.4. The second-order valence-corrected chi connectivity index (χ2v) is 8.37. The van der Waals surface area contributed by atoms with Crippen LogP contribution >= 0.6 is 0 Å². The highest BCUT2D eigenvalue weighted by molar-refractivity contribution is 7.91. The van der Waals surface area contributed by atoms with Crippen LogP contribution in [0.25, 0.3) is 0 Å². The minimum Gasteiger partial charge on any atom is -0.332 e. The van der Waals surface area contributed by atoms with Crippen LogP contribution in [0.15, 0.2) is 60.7 Å². The van der Waals surface area contributed by atoms with Gasteiger partial charge in [0, 0.05) is 11.4 Å². The van der Waals surface area contributed by atoms with Gasteiger partial charge >= 0.3 is 12.1 Å². The number of carbonyl (C=O) groups excluding carboxylic acids is 2. The van der Waals surface area contributed by atoms with Crippen molar-refractivity contribution in [1.82, 2.24) is 10.6 Å². The molecule has 2 aromatic carbocycles. The van der Waals surface area contributed by atoms with Gasteiger partial charge in [0.2, 0.25) is 0 Å². The van der Waals surface area contributed by atoms with E-state index in [0.717, 1.165) is 0 Å². The predicted molar refractivity (Wildman–Crippen MR) is 103 cm³/mol. The minimum atomic E-state index is -3.37. The third-order valence-electron chi connectivity index (χ3n) is 4.05. The monoisotopic (exact) mass is 388 g/mol. The molecular formula is C18H20N4O4S. The summed E-state index contributed by atoms with van der Waals surface area (Å²) in [5.41, 5.74) is 1.17. The van der Waals surface area contributed by atoms with Gasteiger partial charge < -0.3 is 21.3 Å². The molecule has 4 N–H and O–H groups in total. The molecule has 3 rings (SSSR count). The fraction of sp³-hybridized carbons (Fsp3) is 0.222. The Balaban J connectivity index is 1.60. The maximum absolute atomic E-state index is 12.2. The predicted octanol–water partition coefficient (Wildman–Crippen LogP) is 1.80. The lowest BCUT2D eigenvalue weighted by Crippen LogP contribution is -2.52. The Kier molecular flexibility index (Phi) is 5.60. The van der Waals surface area contributed by atoms with E-state index < -0.39 is 34.0 Å². The number of para-hydroxylation sites is 2. The second kappa shape index (κ2) is 8.09. The van der Waals surface area contributed by atoms with Crippen LogP contribution in [0, 0.1) is 0 Å². The van der Waals surface area contributed by atoms with Gasteiger partial charge in [-0.1, -0.05) is 36.4 Å². The van der Waals surface area contributed by atoms with Crippen molar-refractivity contribution in [3.05, 3.63) is 60.7 Å². The van der Waals surface area contributed by atoms with Crippen LogP contribution in [0.2, 0.25) is 0 Å². The molecule has 2 aromatic rings. The highest BCUT2D eigenvalue weighted by Crippen LogP contribution is 2.14. The number of benzene rings is 2. The number of hydrogen-bond acceptors (Lipinski definition) is 4. The van der Waals surface area contributed by atoms with Crippen molar-refractivity contribution in [2.45, 2.75) is 12.1 Å². The molecule has 1 fully saturated rings. The smallest absolute Gasteiger partial charge is 0.319 e. The first-order valence-electron chi connectivity index (χ1n) is 8.37. The minimum absolute atomic E-state index is 0.231. The van der Waals surface area contributed by atoms with E-state index >= 15 is 0 Å². The summed E-state index contributed by atoms with van der Waals surface area (Å²) >= 11 is 0. The van der Waals surface area contributed by atoms with Crippen molar-refractivity contribution in [3.8, 4) is 0 Å². The van der Waals surface area contributed by atoms with Gasteiger partial charge in [0.25, 0.3) is 0 Å². The van der Waals surface area contributed by atoms with Crippen molar-refractivity contribution in [3.63, 3.8) is 0 Å². The molecule has 0 bridgehead atoms. The molecule has 1 aliphatic rings. The van der Waals surface area contributed by atoms with E-state index in [1.54, 1.807) is 48.5 Å². The molecule has 0 unspecified atom stereocenters. The Morgan fingerprint density at radius 3 is 1.44 bits per heavy atom. The van der Waals surface area contributed by atoms with Crippen LogP contribution in [-0.4, -0.2) is 44.1 Å². The van der Waals surface area contributed by atoms with Crippen molar-refractivity contribution < 1.29 is 18.0 Å². The zero-order chi connectivity index (χ0) is 19.3. The quantitative estimate of drug-likeness (QED) is 0.639. The Morgan fingerprint density at radius 2 is 1.07 bits per heavy atom. The summed E-state index contributed by atoms with van der Waals surface area (Å²) in [6.07, 6.45) is 0. The normalized spacial score (nSPS) is 20.4. The Bertz CT molecular complexity index is 834. The lowest BCUT2D eigenvalue weighted by Gasteiger charge is -2.21. The van der Waals surface area contributed by atoms with Crippen LogP contribution in [-0.2, 0) is 9.84 Å². The maximum atomic E-state index is 12.2. The molecular weight excluding hydrogens is 368 g/mol. The maximum Gasteiger partial charge on any atom is 0.319 e. The van der Waals surface area contributed by atoms with Crippen LogP contribution in [0.4, 0.5) is 21.0 Å². The molecule has 2 atom stereocenters. The molecule has 8 nitrogen and oxygen atoms in total. The van der Waals surface area contributed by atoms with Gasteiger partial charge in [-0.05, 0) is 24.3 Å². The van der Waals surface area contributed by atoms with E-state index in [-0.39, 0.29) is 11.5 Å². The molecule has 0 spiro atoms. The largest absolute Gasteiger partial charge is 0.332 e. The van der Waals surface area contributed by atoms with E-state index in [0.29, 0.717) is 11.4 Å². The summed E-state index contributed by atoms with van der Waals surface area (Å²) in [6.45, 7) is 0. The van der Waals surface area contributed by atoms with Gasteiger partial charge in [0.15, 0.2) is 9.84 Å². The van der Waals surface area contributed by atoms with Crippen LogP contribution in [0.1, 0.15) is 0 Å². The van der Waals surface area contributed by atoms with Gasteiger partial charge in [-0.2, -0.15) is 0 Å². The average molecular weight is 388 g/mol. The Labute approximate surface area is 157 Å². The summed E-state index contributed by atoms with van der Waals surface area (Å²) in [5.74, 6) is -0.461. The second-order valence-electron chi connectivity index (χ2n) is 6.22. The highest BCUT2D eigenvalue weighted by Gasteiger charge is 2.39. The van der Waals surface area contributed by atoms with E-state index in [1.165, 1.54) is 0 Å². The van der Waals surface area contributed by atoms with Crippen molar-refractivity contribution >= 4 is 33.3 Å². The number of urea groups is 2. The first-order chi connectivity index (χ1) is 12.9. The van der Waals surface area contributed by atoms with Gasteiger partial charge in [-0.15, -0.1) is 0 Å². The van der Waals surface area contributed by atoms with Crippen molar-refractivity contribution in [2.75, 3.05) is 22.1 Å². The van der Waals surface area contributed by atoms with Gasteiger partial charge in [0.1, 0.15) is 0 Å². The third kappa shape index (κ3) is 5.45. The first kappa shape index (κ1) is 18.7. The number of nitrogens with one attached hydrogen (secondary N) is 4. The first-order valence-corrected chi connectivity index (χ1v) is 10.2. The highest BCUT2D eigenvalue weighted by atomic mass is 32.2. The molecule has 0 aromatic heterocycles. The molecule has 0 aliphatic carbocycles. The molecule has 1 aliphatic heterocycles. The number of rotatable bonds is 4.